The Hall–Kier alpha value is -4.26. The highest BCUT2D eigenvalue weighted by molar-refractivity contribution is 8.04. The van der Waals surface area contributed by atoms with E-state index >= 15 is 0 Å². The van der Waals surface area contributed by atoms with Crippen molar-refractivity contribution >= 4 is 57.8 Å². The monoisotopic (exact) mass is 563 g/mol. The third kappa shape index (κ3) is 5.55. The number of nitrogens with one attached hydrogen (secondary N) is 2. The van der Waals surface area contributed by atoms with Crippen molar-refractivity contribution in [2.75, 3.05) is 11.4 Å². The fraction of sp³-hybridized carbons (Fsp3) is 0.0909. The smallest absolute Gasteiger partial charge is 0.265 e. The molecular formula is C33H26ClN3O2S. The average Bonchev–Trinajstić information content (AvgIpc) is 3.38. The van der Waals surface area contributed by atoms with Crippen LogP contribution in [0.15, 0.2) is 113 Å². The number of halogens is 1. The number of rotatable bonds is 7. The first-order valence-corrected chi connectivity index (χ1v) is 14.2. The van der Waals surface area contributed by atoms with Gasteiger partial charge in [-0.05, 0) is 71.7 Å². The van der Waals surface area contributed by atoms with Crippen LogP contribution in [0.5, 0.6) is 0 Å². The van der Waals surface area contributed by atoms with Crippen molar-refractivity contribution in [2.24, 2.45) is 0 Å². The highest BCUT2D eigenvalue weighted by Gasteiger charge is 2.29. The Bertz CT molecular complexity index is 1740. The number of carbonyl (C=O) groups excluding carboxylic acids is 2. The van der Waals surface area contributed by atoms with Gasteiger partial charge in [0.1, 0.15) is 0 Å². The Morgan fingerprint density at radius 3 is 2.60 bits per heavy atom. The summed E-state index contributed by atoms with van der Waals surface area (Å²) in [5.74, 6) is -0.188. The van der Waals surface area contributed by atoms with Crippen molar-refractivity contribution < 1.29 is 9.59 Å². The van der Waals surface area contributed by atoms with Gasteiger partial charge in [-0.25, -0.2) is 0 Å². The molecule has 40 heavy (non-hydrogen) atoms. The molecule has 4 aromatic carbocycles. The molecule has 6 rings (SSSR count). The van der Waals surface area contributed by atoms with Crippen molar-refractivity contribution in [1.29, 1.82) is 0 Å². The molecule has 0 saturated carbocycles. The Kier molecular flexibility index (Phi) is 7.45. The number of H-pyrrole nitrogens is 1. The van der Waals surface area contributed by atoms with Crippen LogP contribution in [-0.4, -0.2) is 23.3 Å². The van der Waals surface area contributed by atoms with Gasteiger partial charge in [0.2, 0.25) is 0 Å². The molecule has 1 aliphatic rings. The van der Waals surface area contributed by atoms with E-state index < -0.39 is 0 Å². The Labute approximate surface area is 241 Å². The van der Waals surface area contributed by atoms with Gasteiger partial charge < -0.3 is 15.2 Å². The molecule has 0 atom stereocenters. The Morgan fingerprint density at radius 1 is 0.950 bits per heavy atom. The second-order valence-corrected chi connectivity index (χ2v) is 11.1. The lowest BCUT2D eigenvalue weighted by Crippen LogP contribution is -2.33. The van der Waals surface area contributed by atoms with Gasteiger partial charge in [0.05, 0.1) is 17.1 Å². The summed E-state index contributed by atoms with van der Waals surface area (Å²) >= 11 is 7.65. The molecule has 2 heterocycles. The van der Waals surface area contributed by atoms with Crippen LogP contribution >= 0.6 is 23.4 Å². The number of aromatic amines is 1. The lowest BCUT2D eigenvalue weighted by molar-refractivity contribution is -0.114. The normalized spacial score (nSPS) is 14.0. The molecule has 2 amide bonds. The van der Waals surface area contributed by atoms with Gasteiger partial charge in [-0.15, -0.1) is 0 Å². The summed E-state index contributed by atoms with van der Waals surface area (Å²) < 4.78 is 0. The number of para-hydroxylation sites is 2. The predicted octanol–water partition coefficient (Wildman–Crippen LogP) is 7.47. The molecule has 0 fully saturated rings. The number of benzene rings is 4. The van der Waals surface area contributed by atoms with Crippen molar-refractivity contribution in [2.45, 2.75) is 17.9 Å². The van der Waals surface area contributed by atoms with Gasteiger partial charge in [-0.3, -0.25) is 9.59 Å². The summed E-state index contributed by atoms with van der Waals surface area (Å²) in [6.45, 7) is 0.964. The van der Waals surface area contributed by atoms with E-state index in [0.717, 1.165) is 33.6 Å². The topological polar surface area (TPSA) is 65.2 Å². The predicted molar refractivity (Wildman–Crippen MR) is 164 cm³/mol. The zero-order valence-electron chi connectivity index (χ0n) is 21.6. The number of anilines is 1. The molecule has 5 nitrogen and oxygen atoms in total. The molecule has 0 saturated heterocycles. The number of amides is 2. The molecular weight excluding hydrogens is 538 g/mol. The van der Waals surface area contributed by atoms with E-state index in [1.807, 2.05) is 91.1 Å². The minimum Gasteiger partial charge on any atom is -0.361 e. The van der Waals surface area contributed by atoms with E-state index in [2.05, 4.69) is 16.4 Å². The molecule has 2 N–H and O–H groups in total. The number of hydrogen-bond acceptors (Lipinski definition) is 3. The fourth-order valence-corrected chi connectivity index (χ4v) is 6.14. The molecule has 7 heteroatoms. The number of aromatic nitrogens is 1. The second-order valence-electron chi connectivity index (χ2n) is 9.59. The largest absolute Gasteiger partial charge is 0.361 e. The number of thioether (sulfide) groups is 1. The number of hydrogen-bond donors (Lipinski definition) is 2. The SMILES string of the molecule is O=C(NCCc1c[nH]c2ccccc12)c1ccc(C=C2Sc3ccccc3N(Cc3cccc(Cl)c3)C2=O)cc1. The summed E-state index contributed by atoms with van der Waals surface area (Å²) in [6, 6.07) is 31.0. The quantitative estimate of drug-likeness (QED) is 0.202. The molecule has 0 bridgehead atoms. The minimum absolute atomic E-state index is 0.0669. The maximum Gasteiger partial charge on any atom is 0.265 e. The standard InChI is InChI=1S/C33H26ClN3O2S/c34-26-7-5-6-23(18-26)21-37-29-10-3-4-11-30(29)40-31(33(37)39)19-22-12-14-24(15-13-22)32(38)35-17-16-25-20-36-28-9-2-1-8-27(25)28/h1-15,18-20,36H,16-17,21H2,(H,35,38). The molecule has 0 unspecified atom stereocenters. The van der Waals surface area contributed by atoms with E-state index in [0.29, 0.717) is 28.6 Å². The van der Waals surface area contributed by atoms with Gasteiger partial charge in [-0.1, -0.05) is 78.0 Å². The molecule has 0 spiro atoms. The van der Waals surface area contributed by atoms with Gasteiger partial charge in [0.15, 0.2) is 0 Å². The number of carbonyl (C=O) groups is 2. The summed E-state index contributed by atoms with van der Waals surface area (Å²) in [6.07, 6.45) is 4.62. The van der Waals surface area contributed by atoms with Crippen molar-refractivity contribution in [3.63, 3.8) is 0 Å². The van der Waals surface area contributed by atoms with E-state index in [4.69, 9.17) is 11.6 Å². The van der Waals surface area contributed by atoms with Crippen LogP contribution in [-0.2, 0) is 17.8 Å². The van der Waals surface area contributed by atoms with E-state index in [1.165, 1.54) is 22.7 Å². The Balaban J connectivity index is 1.15. The lowest BCUT2D eigenvalue weighted by Gasteiger charge is -2.30. The Morgan fingerprint density at radius 2 is 1.75 bits per heavy atom. The van der Waals surface area contributed by atoms with Gasteiger partial charge in [0, 0.05) is 39.1 Å². The first-order chi connectivity index (χ1) is 19.5. The molecule has 198 valence electrons. The lowest BCUT2D eigenvalue weighted by atomic mass is 10.1. The zero-order valence-corrected chi connectivity index (χ0v) is 23.1. The maximum absolute atomic E-state index is 13.6. The van der Waals surface area contributed by atoms with Gasteiger partial charge >= 0.3 is 0 Å². The minimum atomic E-state index is -0.121. The summed E-state index contributed by atoms with van der Waals surface area (Å²) in [4.78, 5) is 33.1. The van der Waals surface area contributed by atoms with Crippen molar-refractivity contribution in [1.82, 2.24) is 10.3 Å². The van der Waals surface area contributed by atoms with Crippen LogP contribution in [0.4, 0.5) is 5.69 Å². The van der Waals surface area contributed by atoms with Gasteiger partial charge in [-0.2, -0.15) is 0 Å². The molecule has 1 aliphatic heterocycles. The first-order valence-electron chi connectivity index (χ1n) is 13.0. The van der Waals surface area contributed by atoms with Crippen LogP contribution in [0.1, 0.15) is 27.0 Å². The first kappa shape index (κ1) is 26.0. The third-order valence-electron chi connectivity index (χ3n) is 6.89. The van der Waals surface area contributed by atoms with Crippen molar-refractivity contribution in [3.05, 3.63) is 135 Å². The second kappa shape index (κ2) is 11.5. The van der Waals surface area contributed by atoms with Crippen LogP contribution in [0.2, 0.25) is 5.02 Å². The van der Waals surface area contributed by atoms with Gasteiger partial charge in [0.25, 0.3) is 11.8 Å². The highest BCUT2D eigenvalue weighted by atomic mass is 35.5. The molecule has 5 aromatic rings. The average molecular weight is 564 g/mol. The number of fused-ring (bicyclic) bond motifs is 2. The van der Waals surface area contributed by atoms with Crippen LogP contribution in [0.3, 0.4) is 0 Å². The highest BCUT2D eigenvalue weighted by Crippen LogP contribution is 2.42. The fourth-order valence-electron chi connectivity index (χ4n) is 4.87. The summed E-state index contributed by atoms with van der Waals surface area (Å²) in [7, 11) is 0. The number of nitrogens with zero attached hydrogens (tertiary/aromatic N) is 1. The van der Waals surface area contributed by atoms with E-state index in [-0.39, 0.29) is 11.8 Å². The van der Waals surface area contributed by atoms with Crippen LogP contribution < -0.4 is 10.2 Å². The third-order valence-corrected chi connectivity index (χ3v) is 8.20. The maximum atomic E-state index is 13.6. The molecule has 1 aromatic heterocycles. The molecule has 0 aliphatic carbocycles. The van der Waals surface area contributed by atoms with E-state index in [9.17, 15) is 9.59 Å². The van der Waals surface area contributed by atoms with Crippen molar-refractivity contribution in [3.8, 4) is 0 Å². The van der Waals surface area contributed by atoms with Crippen LogP contribution in [0, 0.1) is 0 Å². The van der Waals surface area contributed by atoms with E-state index in [1.54, 1.807) is 17.0 Å². The summed E-state index contributed by atoms with van der Waals surface area (Å²) in [5, 5.41) is 4.83. The zero-order chi connectivity index (χ0) is 27.5. The molecule has 0 radical (unpaired) electrons. The van der Waals surface area contributed by atoms with Crippen LogP contribution in [0.25, 0.3) is 17.0 Å². The summed E-state index contributed by atoms with van der Waals surface area (Å²) in [5.41, 5.74) is 5.55.